The molecule has 32 heavy (non-hydrogen) atoms. The lowest BCUT2D eigenvalue weighted by Gasteiger charge is -2.23. The van der Waals surface area contributed by atoms with Crippen molar-refractivity contribution in [2.45, 2.75) is 59.9 Å². The number of ether oxygens (including phenoxy) is 1. The molecular weight excluding hydrogens is 428 g/mol. The number of benzene rings is 1. The zero-order valence-corrected chi connectivity index (χ0v) is 20.9. The monoisotopic (exact) mass is 462 g/mol. The fourth-order valence-electron chi connectivity index (χ4n) is 3.92. The zero-order chi connectivity index (χ0) is 24.2. The van der Waals surface area contributed by atoms with Crippen molar-refractivity contribution in [2.24, 2.45) is 5.92 Å². The molecule has 0 spiro atoms. The average molecular weight is 463 g/mol. The summed E-state index contributed by atoms with van der Waals surface area (Å²) in [5.41, 5.74) is 2.82. The summed E-state index contributed by atoms with van der Waals surface area (Å²) in [7, 11) is -3.86. The van der Waals surface area contributed by atoms with Crippen molar-refractivity contribution < 1.29 is 22.7 Å². The Kier molecular flexibility index (Phi) is 8.42. The van der Waals surface area contributed by atoms with Gasteiger partial charge in [0.15, 0.2) is 5.78 Å². The molecule has 0 aliphatic rings. The summed E-state index contributed by atoms with van der Waals surface area (Å²) in [5, 5.41) is 0. The van der Waals surface area contributed by atoms with Gasteiger partial charge < -0.3 is 9.30 Å². The van der Waals surface area contributed by atoms with Crippen molar-refractivity contribution in [1.29, 1.82) is 0 Å². The Morgan fingerprint density at radius 2 is 1.66 bits per heavy atom. The van der Waals surface area contributed by atoms with E-state index in [1.807, 2.05) is 27.7 Å². The highest BCUT2D eigenvalue weighted by atomic mass is 32.2. The van der Waals surface area contributed by atoms with Crippen molar-refractivity contribution in [1.82, 2.24) is 8.87 Å². The third kappa shape index (κ3) is 5.30. The second kappa shape index (κ2) is 10.4. The molecule has 2 aromatic rings. The Bertz CT molecular complexity index is 1080. The first-order valence-electron chi connectivity index (χ1n) is 10.9. The fraction of sp³-hybridized carbons (Fsp3) is 0.500. The van der Waals surface area contributed by atoms with Crippen LogP contribution in [0.1, 0.15) is 65.4 Å². The van der Waals surface area contributed by atoms with Crippen LogP contribution in [-0.2, 0) is 21.3 Å². The molecule has 1 aromatic carbocycles. The summed E-state index contributed by atoms with van der Waals surface area (Å²) in [6.07, 6.45) is 0. The van der Waals surface area contributed by atoms with Crippen LogP contribution in [0.25, 0.3) is 0 Å². The van der Waals surface area contributed by atoms with Gasteiger partial charge in [0.1, 0.15) is 5.69 Å². The molecule has 2 rings (SSSR count). The zero-order valence-electron chi connectivity index (χ0n) is 20.1. The number of sulfonamides is 1. The lowest BCUT2D eigenvalue weighted by molar-refractivity contribution is 0.0512. The van der Waals surface area contributed by atoms with Crippen LogP contribution in [0.15, 0.2) is 29.2 Å². The maximum Gasteiger partial charge on any atom is 0.355 e. The lowest BCUT2D eigenvalue weighted by atomic mass is 10.1. The second-order valence-corrected chi connectivity index (χ2v) is 10.3. The molecule has 0 atom stereocenters. The van der Waals surface area contributed by atoms with Gasteiger partial charge in [-0.05, 0) is 58.2 Å². The minimum Gasteiger partial charge on any atom is -0.461 e. The Hall–Kier alpha value is -2.45. The molecule has 0 saturated carbocycles. The molecule has 1 heterocycles. The summed E-state index contributed by atoms with van der Waals surface area (Å²) in [6.45, 7) is 13.4. The maximum absolute atomic E-state index is 13.4. The second-order valence-electron chi connectivity index (χ2n) is 8.33. The smallest absolute Gasteiger partial charge is 0.355 e. The van der Waals surface area contributed by atoms with E-state index in [4.69, 9.17) is 4.74 Å². The predicted molar refractivity (Wildman–Crippen MR) is 125 cm³/mol. The Morgan fingerprint density at radius 1 is 1.06 bits per heavy atom. The minimum absolute atomic E-state index is 0.0283. The fourth-order valence-corrected chi connectivity index (χ4v) is 5.48. The third-order valence-corrected chi connectivity index (χ3v) is 7.20. The highest BCUT2D eigenvalue weighted by molar-refractivity contribution is 7.89. The standard InChI is InChI=1S/C24H34N2O5S/c1-8-26-19(7)22(18(6)23(26)24(28)31-9-2)21(27)15-25(14-16(3)4)32(29,30)20-12-10-17(5)11-13-20/h10-13,16H,8-9,14-15H2,1-7H3. The number of aromatic nitrogens is 1. The molecular formula is C24H34N2O5S. The van der Waals surface area contributed by atoms with Gasteiger partial charge >= 0.3 is 5.97 Å². The van der Waals surface area contributed by atoms with Crippen LogP contribution in [0.2, 0.25) is 0 Å². The van der Waals surface area contributed by atoms with Gasteiger partial charge in [-0.25, -0.2) is 13.2 Å². The van der Waals surface area contributed by atoms with Crippen LogP contribution in [0.3, 0.4) is 0 Å². The third-order valence-electron chi connectivity index (χ3n) is 5.38. The lowest BCUT2D eigenvalue weighted by Crippen LogP contribution is -2.38. The molecule has 0 aliphatic carbocycles. The SMILES string of the molecule is CCOC(=O)c1c(C)c(C(=O)CN(CC(C)C)S(=O)(=O)c2ccc(C)cc2)c(C)n1CC. The van der Waals surface area contributed by atoms with E-state index in [9.17, 15) is 18.0 Å². The molecule has 7 nitrogen and oxygen atoms in total. The van der Waals surface area contributed by atoms with E-state index < -0.39 is 16.0 Å². The molecule has 0 aliphatic heterocycles. The van der Waals surface area contributed by atoms with Crippen LogP contribution < -0.4 is 0 Å². The molecule has 0 saturated heterocycles. The molecule has 0 N–H and O–H groups in total. The van der Waals surface area contributed by atoms with Crippen molar-refractivity contribution in [3.63, 3.8) is 0 Å². The van der Waals surface area contributed by atoms with Gasteiger partial charge in [-0.15, -0.1) is 0 Å². The van der Waals surface area contributed by atoms with Crippen molar-refractivity contribution in [3.05, 3.63) is 52.3 Å². The van der Waals surface area contributed by atoms with Crippen LogP contribution in [-0.4, -0.2) is 48.7 Å². The number of hydrogen-bond donors (Lipinski definition) is 0. The number of nitrogens with zero attached hydrogens (tertiary/aromatic N) is 2. The summed E-state index contributed by atoms with van der Waals surface area (Å²) in [4.78, 5) is 26.1. The topological polar surface area (TPSA) is 85.7 Å². The molecule has 1 aromatic heterocycles. The van der Waals surface area contributed by atoms with Gasteiger partial charge in [-0.2, -0.15) is 4.31 Å². The highest BCUT2D eigenvalue weighted by Crippen LogP contribution is 2.25. The van der Waals surface area contributed by atoms with Crippen LogP contribution in [0.5, 0.6) is 0 Å². The predicted octanol–water partition coefficient (Wildman–Crippen LogP) is 4.14. The molecule has 176 valence electrons. The first-order chi connectivity index (χ1) is 14.9. The number of carbonyl (C=O) groups is 2. The number of Topliss-reactive ketones (excluding diaryl/α,β-unsaturated/α-hetero) is 1. The van der Waals surface area contributed by atoms with E-state index in [-0.39, 0.29) is 36.3 Å². The maximum atomic E-state index is 13.4. The average Bonchev–Trinajstić information content (AvgIpc) is 2.97. The van der Waals surface area contributed by atoms with E-state index in [1.54, 1.807) is 49.6 Å². The molecule has 0 bridgehead atoms. The number of ketones is 1. The van der Waals surface area contributed by atoms with Crippen LogP contribution >= 0.6 is 0 Å². The highest BCUT2D eigenvalue weighted by Gasteiger charge is 2.31. The molecule has 0 unspecified atom stereocenters. The van der Waals surface area contributed by atoms with E-state index in [0.717, 1.165) is 5.56 Å². The van der Waals surface area contributed by atoms with Gasteiger partial charge in [-0.1, -0.05) is 31.5 Å². The van der Waals surface area contributed by atoms with Crippen LogP contribution in [0.4, 0.5) is 0 Å². The normalized spacial score (nSPS) is 11.9. The number of hydrogen-bond acceptors (Lipinski definition) is 5. The Labute approximate surface area is 191 Å². The summed E-state index contributed by atoms with van der Waals surface area (Å²) in [6, 6.07) is 6.60. The van der Waals surface area contributed by atoms with Gasteiger partial charge in [0.2, 0.25) is 10.0 Å². The minimum atomic E-state index is -3.86. The molecule has 0 radical (unpaired) electrons. The Morgan fingerprint density at radius 3 is 2.16 bits per heavy atom. The molecule has 0 amide bonds. The number of rotatable bonds is 10. The quantitative estimate of drug-likeness (QED) is 0.391. The van der Waals surface area contributed by atoms with Crippen LogP contribution in [0, 0.1) is 26.7 Å². The molecule has 8 heteroatoms. The van der Waals surface area contributed by atoms with E-state index in [0.29, 0.717) is 29.1 Å². The largest absolute Gasteiger partial charge is 0.461 e. The van der Waals surface area contributed by atoms with E-state index in [2.05, 4.69) is 0 Å². The summed E-state index contributed by atoms with van der Waals surface area (Å²) < 4.78 is 34.8. The van der Waals surface area contributed by atoms with Gasteiger partial charge in [0.25, 0.3) is 0 Å². The number of carbonyl (C=O) groups excluding carboxylic acids is 2. The van der Waals surface area contributed by atoms with Crippen molar-refractivity contribution in [2.75, 3.05) is 19.7 Å². The van der Waals surface area contributed by atoms with Gasteiger partial charge in [0.05, 0.1) is 18.0 Å². The van der Waals surface area contributed by atoms with E-state index in [1.165, 1.54) is 4.31 Å². The first kappa shape index (κ1) is 25.8. The van der Waals surface area contributed by atoms with Crippen molar-refractivity contribution in [3.8, 4) is 0 Å². The summed E-state index contributed by atoms with van der Waals surface area (Å²) in [5.74, 6) is -0.796. The summed E-state index contributed by atoms with van der Waals surface area (Å²) >= 11 is 0. The van der Waals surface area contributed by atoms with E-state index >= 15 is 0 Å². The van der Waals surface area contributed by atoms with Gasteiger partial charge in [-0.3, -0.25) is 4.79 Å². The molecule has 0 fully saturated rings. The Balaban J connectivity index is 2.49. The van der Waals surface area contributed by atoms with Crippen molar-refractivity contribution >= 4 is 21.8 Å². The number of esters is 1. The van der Waals surface area contributed by atoms with Gasteiger partial charge in [0, 0.05) is 24.3 Å². The number of aryl methyl sites for hydroxylation is 1. The first-order valence-corrected chi connectivity index (χ1v) is 12.4.